The molecule has 0 rings (SSSR count). The highest BCUT2D eigenvalue weighted by atomic mass is 16.5. The van der Waals surface area contributed by atoms with Crippen LogP contribution in [0.3, 0.4) is 0 Å². The van der Waals surface area contributed by atoms with Gasteiger partial charge in [0.05, 0.1) is 19.8 Å². The van der Waals surface area contributed by atoms with Gasteiger partial charge in [-0.15, -0.1) is 0 Å². The van der Waals surface area contributed by atoms with Crippen molar-refractivity contribution < 1.29 is 9.47 Å². The van der Waals surface area contributed by atoms with Gasteiger partial charge >= 0.3 is 0 Å². The minimum absolute atomic E-state index is 0.719. The number of likely N-dealkylation sites (N-methyl/N-ethyl adjacent to an activating group) is 1. The average Bonchev–Trinajstić information content (AvgIpc) is 2.26. The Kier molecular flexibility index (Phi) is 13.8. The number of hydrogen-bond donors (Lipinski definition) is 1. The summed E-state index contributed by atoms with van der Waals surface area (Å²) < 4.78 is 10.8. The van der Waals surface area contributed by atoms with Gasteiger partial charge in [-0.25, -0.2) is 0 Å². The van der Waals surface area contributed by atoms with E-state index in [0.29, 0.717) is 0 Å². The second-order valence-corrected chi connectivity index (χ2v) is 3.74. The van der Waals surface area contributed by atoms with Crippen molar-refractivity contribution in [2.45, 2.75) is 39.0 Å². The predicted molar refractivity (Wildman–Crippen MR) is 64.3 cm³/mol. The van der Waals surface area contributed by atoms with Crippen LogP contribution in [0.2, 0.25) is 0 Å². The summed E-state index contributed by atoms with van der Waals surface area (Å²) in [6, 6.07) is 0. The molecule has 92 valence electrons. The Morgan fingerprint density at radius 1 is 0.800 bits per heavy atom. The molecule has 0 aliphatic carbocycles. The minimum atomic E-state index is 0.719. The number of rotatable bonds is 12. The van der Waals surface area contributed by atoms with Crippen molar-refractivity contribution in [2.75, 3.05) is 40.0 Å². The fourth-order valence-corrected chi connectivity index (χ4v) is 1.30. The van der Waals surface area contributed by atoms with Crippen LogP contribution in [0.4, 0.5) is 0 Å². The van der Waals surface area contributed by atoms with Crippen LogP contribution in [-0.4, -0.2) is 40.0 Å². The fourth-order valence-electron chi connectivity index (χ4n) is 1.30. The average molecular weight is 217 g/mol. The molecule has 0 aromatic heterocycles. The van der Waals surface area contributed by atoms with Gasteiger partial charge in [-0.2, -0.15) is 0 Å². The first kappa shape index (κ1) is 14.9. The van der Waals surface area contributed by atoms with Crippen LogP contribution in [0.15, 0.2) is 0 Å². The molecule has 3 heteroatoms. The number of unbranched alkanes of at least 4 members (excludes halogenated alkanes) is 4. The summed E-state index contributed by atoms with van der Waals surface area (Å²) in [4.78, 5) is 0. The Hall–Kier alpha value is -0.120. The van der Waals surface area contributed by atoms with Crippen LogP contribution in [-0.2, 0) is 9.47 Å². The third-order valence-electron chi connectivity index (χ3n) is 2.26. The monoisotopic (exact) mass is 217 g/mol. The zero-order chi connectivity index (χ0) is 11.2. The molecule has 0 radical (unpaired) electrons. The van der Waals surface area contributed by atoms with E-state index in [1.54, 1.807) is 0 Å². The molecule has 0 aromatic rings. The molecule has 0 aromatic carbocycles. The molecule has 0 saturated carbocycles. The molecule has 3 nitrogen and oxygen atoms in total. The quantitative estimate of drug-likeness (QED) is 0.508. The van der Waals surface area contributed by atoms with Crippen LogP contribution < -0.4 is 5.32 Å². The maximum absolute atomic E-state index is 5.45. The summed E-state index contributed by atoms with van der Waals surface area (Å²) in [6.07, 6.45) is 6.50. The third kappa shape index (κ3) is 13.9. The first-order valence-electron chi connectivity index (χ1n) is 6.22. The van der Waals surface area contributed by atoms with Crippen molar-refractivity contribution in [3.05, 3.63) is 0 Å². The molecular formula is C12H27NO2. The zero-order valence-electron chi connectivity index (χ0n) is 10.4. The van der Waals surface area contributed by atoms with Crippen molar-refractivity contribution in [1.82, 2.24) is 5.32 Å². The zero-order valence-corrected chi connectivity index (χ0v) is 10.4. The number of hydrogen-bond acceptors (Lipinski definition) is 3. The van der Waals surface area contributed by atoms with E-state index in [0.717, 1.165) is 33.0 Å². The summed E-state index contributed by atoms with van der Waals surface area (Å²) in [5.74, 6) is 0. The SMILES string of the molecule is CCCCCCCOCCOCCNC. The Bertz CT molecular complexity index is 97.8. The van der Waals surface area contributed by atoms with Crippen molar-refractivity contribution in [3.8, 4) is 0 Å². The largest absolute Gasteiger partial charge is 0.379 e. The van der Waals surface area contributed by atoms with E-state index >= 15 is 0 Å². The van der Waals surface area contributed by atoms with E-state index < -0.39 is 0 Å². The van der Waals surface area contributed by atoms with Gasteiger partial charge in [-0.05, 0) is 13.5 Å². The van der Waals surface area contributed by atoms with Crippen molar-refractivity contribution >= 4 is 0 Å². The molecule has 0 spiro atoms. The Labute approximate surface area is 94.5 Å². The molecule has 0 unspecified atom stereocenters. The van der Waals surface area contributed by atoms with Gasteiger partial charge in [0.25, 0.3) is 0 Å². The van der Waals surface area contributed by atoms with E-state index in [1.165, 1.54) is 32.1 Å². The summed E-state index contributed by atoms with van der Waals surface area (Å²) in [7, 11) is 1.93. The Morgan fingerprint density at radius 3 is 2.13 bits per heavy atom. The van der Waals surface area contributed by atoms with Crippen LogP contribution in [0.1, 0.15) is 39.0 Å². The van der Waals surface area contributed by atoms with Crippen molar-refractivity contribution in [3.63, 3.8) is 0 Å². The molecule has 0 atom stereocenters. The highest BCUT2D eigenvalue weighted by Crippen LogP contribution is 2.01. The van der Waals surface area contributed by atoms with Crippen LogP contribution in [0.5, 0.6) is 0 Å². The lowest BCUT2D eigenvalue weighted by Crippen LogP contribution is -2.16. The van der Waals surface area contributed by atoms with E-state index in [9.17, 15) is 0 Å². The van der Waals surface area contributed by atoms with Crippen molar-refractivity contribution in [1.29, 1.82) is 0 Å². The molecule has 0 aliphatic heterocycles. The molecule has 0 saturated heterocycles. The topological polar surface area (TPSA) is 30.5 Å². The third-order valence-corrected chi connectivity index (χ3v) is 2.26. The van der Waals surface area contributed by atoms with Crippen molar-refractivity contribution in [2.24, 2.45) is 0 Å². The maximum atomic E-state index is 5.45. The molecular weight excluding hydrogens is 190 g/mol. The second kappa shape index (κ2) is 13.9. The van der Waals surface area contributed by atoms with Gasteiger partial charge in [-0.3, -0.25) is 0 Å². The molecule has 0 aliphatic rings. The van der Waals surface area contributed by atoms with Gasteiger partial charge in [-0.1, -0.05) is 32.6 Å². The standard InChI is InChI=1S/C12H27NO2/c1-3-4-5-6-7-9-14-11-12-15-10-8-13-2/h13H,3-12H2,1-2H3. The lowest BCUT2D eigenvalue weighted by atomic mass is 10.2. The lowest BCUT2D eigenvalue weighted by Gasteiger charge is -2.05. The second-order valence-electron chi connectivity index (χ2n) is 3.74. The van der Waals surface area contributed by atoms with Crippen LogP contribution in [0.25, 0.3) is 0 Å². The van der Waals surface area contributed by atoms with E-state index in [4.69, 9.17) is 9.47 Å². The maximum Gasteiger partial charge on any atom is 0.0701 e. The smallest absolute Gasteiger partial charge is 0.0701 e. The summed E-state index contributed by atoms with van der Waals surface area (Å²) in [6.45, 7) is 6.26. The molecule has 0 bridgehead atoms. The Balaban J connectivity index is 2.81. The minimum Gasteiger partial charge on any atom is -0.379 e. The normalized spacial score (nSPS) is 10.8. The van der Waals surface area contributed by atoms with E-state index in [-0.39, 0.29) is 0 Å². The molecule has 1 N–H and O–H groups in total. The van der Waals surface area contributed by atoms with Crippen LogP contribution >= 0.6 is 0 Å². The van der Waals surface area contributed by atoms with E-state index in [1.807, 2.05) is 7.05 Å². The van der Waals surface area contributed by atoms with Gasteiger partial charge in [0.15, 0.2) is 0 Å². The lowest BCUT2D eigenvalue weighted by molar-refractivity contribution is 0.0477. The highest BCUT2D eigenvalue weighted by Gasteiger charge is 1.91. The summed E-state index contributed by atoms with van der Waals surface area (Å²) >= 11 is 0. The summed E-state index contributed by atoms with van der Waals surface area (Å²) in [5, 5.41) is 3.03. The number of nitrogens with one attached hydrogen (secondary N) is 1. The Morgan fingerprint density at radius 2 is 1.47 bits per heavy atom. The first-order chi connectivity index (χ1) is 7.41. The van der Waals surface area contributed by atoms with Gasteiger partial charge in [0.2, 0.25) is 0 Å². The van der Waals surface area contributed by atoms with E-state index in [2.05, 4.69) is 12.2 Å². The van der Waals surface area contributed by atoms with Gasteiger partial charge in [0.1, 0.15) is 0 Å². The van der Waals surface area contributed by atoms with Gasteiger partial charge in [0, 0.05) is 13.2 Å². The summed E-state index contributed by atoms with van der Waals surface area (Å²) in [5.41, 5.74) is 0. The predicted octanol–water partition coefficient (Wildman–Crippen LogP) is 2.21. The van der Waals surface area contributed by atoms with Gasteiger partial charge < -0.3 is 14.8 Å². The fraction of sp³-hybridized carbons (Fsp3) is 1.00. The highest BCUT2D eigenvalue weighted by molar-refractivity contribution is 4.42. The first-order valence-corrected chi connectivity index (χ1v) is 6.22. The molecule has 0 amide bonds. The molecule has 0 heterocycles. The molecule has 0 fully saturated rings. The van der Waals surface area contributed by atoms with Crippen LogP contribution in [0, 0.1) is 0 Å². The number of ether oxygens (including phenoxy) is 2. The molecule has 15 heavy (non-hydrogen) atoms.